The topological polar surface area (TPSA) is 37.3 Å². The van der Waals surface area contributed by atoms with Crippen LogP contribution in [0.2, 0.25) is 0 Å². The molecule has 8 heavy (non-hydrogen) atoms. The first-order chi connectivity index (χ1) is 3.68. The first-order valence-electron chi connectivity index (χ1n) is 2.18. The quantitative estimate of drug-likeness (QED) is 0.727. The molecule has 0 aromatic carbocycles. The first kappa shape index (κ1) is 7.94. The van der Waals surface area contributed by atoms with E-state index in [4.69, 9.17) is 5.11 Å². The highest BCUT2D eigenvalue weighted by atomic mass is 127. The molecule has 0 aliphatic rings. The van der Waals surface area contributed by atoms with E-state index in [0.29, 0.717) is 0 Å². The maximum Gasteiger partial charge on any atom is 0.310 e. The average Bonchev–Trinajstić information content (AvgIpc) is 1.67. The van der Waals surface area contributed by atoms with Gasteiger partial charge in [-0.1, -0.05) is 28.7 Å². The molecular weight excluding hydrogens is 219 g/mol. The molecule has 0 fully saturated rings. The predicted molar refractivity (Wildman–Crippen MR) is 40.0 cm³/mol. The van der Waals surface area contributed by atoms with Gasteiger partial charge in [0.1, 0.15) is 0 Å². The summed E-state index contributed by atoms with van der Waals surface area (Å²) < 4.78 is 1.70. The summed E-state index contributed by atoms with van der Waals surface area (Å²) in [5, 5.41) is 8.26. The van der Waals surface area contributed by atoms with Gasteiger partial charge < -0.3 is 5.11 Å². The summed E-state index contributed by atoms with van der Waals surface area (Å²) >= 11 is 1.99. The van der Waals surface area contributed by atoms with Gasteiger partial charge in [-0.25, -0.2) is 0 Å². The lowest BCUT2D eigenvalue weighted by atomic mass is 10.2. The Morgan fingerprint density at radius 1 is 1.88 bits per heavy atom. The van der Waals surface area contributed by atoms with E-state index in [2.05, 4.69) is 0 Å². The van der Waals surface area contributed by atoms with E-state index in [1.807, 2.05) is 22.6 Å². The summed E-state index contributed by atoms with van der Waals surface area (Å²) in [5.74, 6) is -1.13. The van der Waals surface area contributed by atoms with E-state index >= 15 is 0 Å². The molecule has 0 saturated carbocycles. The molecule has 0 heterocycles. The normalized spacial score (nSPS) is 14.2. The van der Waals surface area contributed by atoms with Gasteiger partial charge in [0.15, 0.2) is 0 Å². The van der Waals surface area contributed by atoms with Gasteiger partial charge in [-0.3, -0.25) is 4.79 Å². The smallest absolute Gasteiger partial charge is 0.310 e. The molecule has 1 unspecified atom stereocenters. The molecule has 2 nitrogen and oxygen atoms in total. The molecule has 1 atom stereocenters. The lowest BCUT2D eigenvalue weighted by molar-refractivity contribution is -0.139. The van der Waals surface area contributed by atoms with Crippen molar-refractivity contribution in [2.45, 2.75) is 6.92 Å². The fourth-order valence-electron chi connectivity index (χ4n) is 0.191. The van der Waals surface area contributed by atoms with Crippen LogP contribution in [0.15, 0.2) is 10.2 Å². The van der Waals surface area contributed by atoms with Crippen molar-refractivity contribution >= 4 is 28.6 Å². The van der Waals surface area contributed by atoms with Crippen LogP contribution in [-0.2, 0) is 4.79 Å². The average molecular weight is 226 g/mol. The minimum absolute atomic E-state index is 0.355. The summed E-state index contributed by atoms with van der Waals surface area (Å²) in [5.41, 5.74) is 0. The number of carboxylic acid groups (broad SMARTS) is 1. The van der Waals surface area contributed by atoms with Gasteiger partial charge in [0.05, 0.1) is 5.92 Å². The van der Waals surface area contributed by atoms with E-state index in [-0.39, 0.29) is 5.92 Å². The number of carbonyl (C=O) groups is 1. The second kappa shape index (κ2) is 3.88. The van der Waals surface area contributed by atoms with Crippen molar-refractivity contribution in [2.24, 2.45) is 5.92 Å². The molecule has 0 rings (SSSR count). The van der Waals surface area contributed by atoms with Crippen molar-refractivity contribution in [1.29, 1.82) is 0 Å². The van der Waals surface area contributed by atoms with Crippen molar-refractivity contribution in [2.75, 3.05) is 0 Å². The number of rotatable bonds is 2. The van der Waals surface area contributed by atoms with Crippen molar-refractivity contribution in [3.8, 4) is 0 Å². The highest BCUT2D eigenvalue weighted by Crippen LogP contribution is 1.98. The van der Waals surface area contributed by atoms with Crippen LogP contribution in [0.5, 0.6) is 0 Å². The third kappa shape index (κ3) is 3.01. The second-order valence-corrected chi connectivity index (χ2v) is 2.16. The van der Waals surface area contributed by atoms with Gasteiger partial charge in [-0.2, -0.15) is 0 Å². The Morgan fingerprint density at radius 3 is 2.50 bits per heavy atom. The number of hydrogen-bond donors (Lipinski definition) is 1. The third-order valence-corrected chi connectivity index (χ3v) is 1.17. The Hall–Kier alpha value is -0.0600. The van der Waals surface area contributed by atoms with Gasteiger partial charge in [-0.05, 0) is 11.0 Å². The molecule has 0 saturated heterocycles. The molecular formula is C5H7IO2. The molecule has 0 aromatic heterocycles. The minimum Gasteiger partial charge on any atom is -0.481 e. The van der Waals surface area contributed by atoms with Gasteiger partial charge >= 0.3 is 5.97 Å². The van der Waals surface area contributed by atoms with Gasteiger partial charge in [0.2, 0.25) is 0 Å². The molecule has 0 aliphatic heterocycles. The van der Waals surface area contributed by atoms with Crippen LogP contribution in [0.1, 0.15) is 6.92 Å². The van der Waals surface area contributed by atoms with Crippen LogP contribution in [-0.4, -0.2) is 11.1 Å². The molecule has 3 heteroatoms. The fourth-order valence-corrected chi connectivity index (χ4v) is 0.814. The van der Waals surface area contributed by atoms with Crippen LogP contribution in [0.4, 0.5) is 0 Å². The maximum absolute atomic E-state index is 10.0. The van der Waals surface area contributed by atoms with E-state index < -0.39 is 5.97 Å². The van der Waals surface area contributed by atoms with Crippen molar-refractivity contribution in [1.82, 2.24) is 0 Å². The Kier molecular flexibility index (Phi) is 3.85. The lowest BCUT2D eigenvalue weighted by Crippen LogP contribution is -2.04. The molecule has 0 spiro atoms. The Labute approximate surface area is 61.7 Å². The minimum atomic E-state index is -0.780. The number of halogens is 1. The fraction of sp³-hybridized carbons (Fsp3) is 0.400. The monoisotopic (exact) mass is 226 g/mol. The largest absolute Gasteiger partial charge is 0.481 e. The van der Waals surface area contributed by atoms with Crippen molar-refractivity contribution in [3.63, 3.8) is 0 Å². The second-order valence-electron chi connectivity index (χ2n) is 1.45. The van der Waals surface area contributed by atoms with Gasteiger partial charge in [0, 0.05) is 0 Å². The zero-order valence-electron chi connectivity index (χ0n) is 4.47. The molecule has 46 valence electrons. The van der Waals surface area contributed by atoms with E-state index in [1.54, 1.807) is 17.1 Å². The van der Waals surface area contributed by atoms with Gasteiger partial charge in [-0.15, -0.1) is 0 Å². The molecule has 0 aliphatic carbocycles. The summed E-state index contributed by atoms with van der Waals surface area (Å²) in [6.45, 7) is 1.64. The van der Waals surface area contributed by atoms with Crippen LogP contribution < -0.4 is 0 Å². The zero-order valence-corrected chi connectivity index (χ0v) is 6.62. The van der Waals surface area contributed by atoms with Crippen LogP contribution in [0.25, 0.3) is 0 Å². The maximum atomic E-state index is 10.0. The Morgan fingerprint density at radius 2 is 2.38 bits per heavy atom. The standard InChI is InChI=1S/C5H7IO2/c1-4(2-3-6)5(7)8/h2-4H,1H3,(H,7,8). The zero-order chi connectivity index (χ0) is 6.57. The summed E-state index contributed by atoms with van der Waals surface area (Å²) in [6, 6.07) is 0. The summed E-state index contributed by atoms with van der Waals surface area (Å²) in [6.07, 6.45) is 1.63. The first-order valence-corrected chi connectivity index (χ1v) is 3.42. The SMILES string of the molecule is CC(C=CI)C(=O)O. The van der Waals surface area contributed by atoms with E-state index in [9.17, 15) is 4.79 Å². The predicted octanol–water partition coefficient (Wildman–Crippen LogP) is 1.66. The molecule has 0 radical (unpaired) electrons. The van der Waals surface area contributed by atoms with Crippen molar-refractivity contribution < 1.29 is 9.90 Å². The van der Waals surface area contributed by atoms with E-state index in [0.717, 1.165) is 0 Å². The number of carboxylic acids is 1. The lowest BCUT2D eigenvalue weighted by Gasteiger charge is -1.93. The molecule has 1 N–H and O–H groups in total. The summed E-state index contributed by atoms with van der Waals surface area (Å²) in [4.78, 5) is 10.0. The van der Waals surface area contributed by atoms with Crippen LogP contribution >= 0.6 is 22.6 Å². The highest BCUT2D eigenvalue weighted by Gasteiger charge is 2.03. The van der Waals surface area contributed by atoms with Gasteiger partial charge in [0.25, 0.3) is 0 Å². The Balaban J connectivity index is 3.64. The molecule has 0 aromatic rings. The third-order valence-electron chi connectivity index (χ3n) is 0.751. The Bertz CT molecular complexity index is 109. The van der Waals surface area contributed by atoms with E-state index in [1.165, 1.54) is 0 Å². The van der Waals surface area contributed by atoms with Crippen molar-refractivity contribution in [3.05, 3.63) is 10.2 Å². The molecule has 0 amide bonds. The number of aliphatic carboxylic acids is 1. The van der Waals surface area contributed by atoms with Crippen LogP contribution in [0.3, 0.4) is 0 Å². The number of hydrogen-bond acceptors (Lipinski definition) is 1. The highest BCUT2D eigenvalue weighted by molar-refractivity contribution is 14.1. The van der Waals surface area contributed by atoms with Crippen LogP contribution in [0, 0.1) is 5.92 Å². The summed E-state index contributed by atoms with van der Waals surface area (Å²) in [7, 11) is 0. The molecule has 0 bridgehead atoms.